The molecule has 0 unspecified atom stereocenters. The first-order valence-corrected chi connectivity index (χ1v) is 6.00. The zero-order chi connectivity index (χ0) is 9.97. The Morgan fingerprint density at radius 2 is 1.50 bits per heavy atom. The molecule has 2 aliphatic carbocycles. The fourth-order valence-corrected chi connectivity index (χ4v) is 3.03. The number of hydrogen-bond donors (Lipinski definition) is 1. The molecule has 0 saturated heterocycles. The molecule has 0 aromatic carbocycles. The Bertz CT molecular complexity index is 198. The van der Waals surface area contributed by atoms with Crippen LogP contribution in [0.1, 0.15) is 51.4 Å². The Morgan fingerprint density at radius 3 is 2.00 bits per heavy atom. The lowest BCUT2D eigenvalue weighted by molar-refractivity contribution is -0.147. The smallest absolute Gasteiger partial charge is 0.306 e. The monoisotopic (exact) mass is 196 g/mol. The number of carboxylic acid groups (broad SMARTS) is 1. The van der Waals surface area contributed by atoms with Crippen LogP contribution in [0.2, 0.25) is 0 Å². The van der Waals surface area contributed by atoms with Crippen molar-refractivity contribution in [2.24, 2.45) is 17.8 Å². The van der Waals surface area contributed by atoms with Crippen molar-refractivity contribution in [1.82, 2.24) is 0 Å². The minimum absolute atomic E-state index is 0.0109. The van der Waals surface area contributed by atoms with Crippen LogP contribution in [-0.2, 0) is 4.79 Å². The standard InChI is InChI=1S/C12H20O2/c13-12(14)11-7-10(8-11)9-5-3-1-2-4-6-9/h9-11H,1-8H2,(H,13,14). The summed E-state index contributed by atoms with van der Waals surface area (Å²) < 4.78 is 0. The normalized spacial score (nSPS) is 34.6. The van der Waals surface area contributed by atoms with Crippen molar-refractivity contribution in [3.63, 3.8) is 0 Å². The summed E-state index contributed by atoms with van der Waals surface area (Å²) in [5.74, 6) is 1.01. The largest absolute Gasteiger partial charge is 0.481 e. The highest BCUT2D eigenvalue weighted by Gasteiger charge is 2.38. The maximum absolute atomic E-state index is 10.7. The summed E-state index contributed by atoms with van der Waals surface area (Å²) in [5.41, 5.74) is 0. The molecule has 0 spiro atoms. The van der Waals surface area contributed by atoms with Gasteiger partial charge in [-0.15, -0.1) is 0 Å². The number of carbonyl (C=O) groups is 1. The predicted molar refractivity (Wildman–Crippen MR) is 55.0 cm³/mol. The van der Waals surface area contributed by atoms with Crippen LogP contribution in [0.5, 0.6) is 0 Å². The van der Waals surface area contributed by atoms with Crippen molar-refractivity contribution < 1.29 is 9.90 Å². The van der Waals surface area contributed by atoms with Crippen LogP contribution in [0, 0.1) is 17.8 Å². The first kappa shape index (κ1) is 10.0. The lowest BCUT2D eigenvalue weighted by Gasteiger charge is -2.38. The minimum Gasteiger partial charge on any atom is -0.481 e. The van der Waals surface area contributed by atoms with Crippen LogP contribution in [0.25, 0.3) is 0 Å². The molecule has 14 heavy (non-hydrogen) atoms. The summed E-state index contributed by atoms with van der Waals surface area (Å²) in [6, 6.07) is 0. The topological polar surface area (TPSA) is 37.3 Å². The molecule has 2 saturated carbocycles. The molecular formula is C12H20O2. The Kier molecular flexibility index (Phi) is 3.09. The number of hydrogen-bond acceptors (Lipinski definition) is 1. The number of aliphatic carboxylic acids is 1. The number of carboxylic acids is 1. The van der Waals surface area contributed by atoms with Crippen LogP contribution in [0.15, 0.2) is 0 Å². The maximum atomic E-state index is 10.7. The van der Waals surface area contributed by atoms with Gasteiger partial charge in [-0.2, -0.15) is 0 Å². The van der Waals surface area contributed by atoms with Crippen molar-refractivity contribution in [1.29, 1.82) is 0 Å². The van der Waals surface area contributed by atoms with Crippen LogP contribution in [0.4, 0.5) is 0 Å². The van der Waals surface area contributed by atoms with Crippen molar-refractivity contribution in [2.45, 2.75) is 51.4 Å². The van der Waals surface area contributed by atoms with Crippen molar-refractivity contribution in [3.8, 4) is 0 Å². The van der Waals surface area contributed by atoms with Gasteiger partial charge in [0.05, 0.1) is 5.92 Å². The van der Waals surface area contributed by atoms with Crippen LogP contribution in [-0.4, -0.2) is 11.1 Å². The van der Waals surface area contributed by atoms with E-state index in [0.29, 0.717) is 0 Å². The van der Waals surface area contributed by atoms with E-state index in [1.54, 1.807) is 0 Å². The lowest BCUT2D eigenvalue weighted by Crippen LogP contribution is -2.34. The minimum atomic E-state index is -0.574. The highest BCUT2D eigenvalue weighted by atomic mass is 16.4. The highest BCUT2D eigenvalue weighted by molar-refractivity contribution is 5.71. The Labute approximate surface area is 85.7 Å². The molecule has 2 rings (SSSR count). The lowest BCUT2D eigenvalue weighted by atomic mass is 9.66. The van der Waals surface area contributed by atoms with Gasteiger partial charge in [0.25, 0.3) is 0 Å². The van der Waals surface area contributed by atoms with Gasteiger partial charge < -0.3 is 5.11 Å². The van der Waals surface area contributed by atoms with Gasteiger partial charge >= 0.3 is 5.97 Å². The summed E-state index contributed by atoms with van der Waals surface area (Å²) in [6.07, 6.45) is 10.2. The maximum Gasteiger partial charge on any atom is 0.306 e. The molecule has 2 heteroatoms. The van der Waals surface area contributed by atoms with Gasteiger partial charge in [0.1, 0.15) is 0 Å². The van der Waals surface area contributed by atoms with E-state index in [9.17, 15) is 4.79 Å². The van der Waals surface area contributed by atoms with Crippen molar-refractivity contribution in [3.05, 3.63) is 0 Å². The van der Waals surface area contributed by atoms with Crippen molar-refractivity contribution >= 4 is 5.97 Å². The molecule has 0 aliphatic heterocycles. The molecular weight excluding hydrogens is 176 g/mol. The Balaban J connectivity index is 1.77. The summed E-state index contributed by atoms with van der Waals surface area (Å²) in [5, 5.41) is 8.80. The third-order valence-corrected chi connectivity index (χ3v) is 4.09. The molecule has 0 aromatic heterocycles. The average Bonchev–Trinajstić information content (AvgIpc) is 2.29. The van der Waals surface area contributed by atoms with Crippen molar-refractivity contribution in [2.75, 3.05) is 0 Å². The van der Waals surface area contributed by atoms with Gasteiger partial charge in [-0.3, -0.25) is 4.79 Å². The van der Waals surface area contributed by atoms with E-state index in [1.807, 2.05) is 0 Å². The fourth-order valence-electron chi connectivity index (χ4n) is 3.03. The van der Waals surface area contributed by atoms with Gasteiger partial charge in [-0.1, -0.05) is 38.5 Å². The highest BCUT2D eigenvalue weighted by Crippen LogP contribution is 2.43. The van der Waals surface area contributed by atoms with Crippen LogP contribution in [0.3, 0.4) is 0 Å². The third kappa shape index (κ3) is 2.10. The Morgan fingerprint density at radius 1 is 0.929 bits per heavy atom. The Hall–Kier alpha value is -0.530. The van der Waals surface area contributed by atoms with Gasteiger partial charge in [-0.25, -0.2) is 0 Å². The molecule has 0 atom stereocenters. The summed E-state index contributed by atoms with van der Waals surface area (Å²) >= 11 is 0. The molecule has 80 valence electrons. The van der Waals surface area contributed by atoms with E-state index in [0.717, 1.165) is 24.7 Å². The van der Waals surface area contributed by atoms with E-state index in [2.05, 4.69) is 0 Å². The van der Waals surface area contributed by atoms with Gasteiger partial charge in [0.2, 0.25) is 0 Å². The SMILES string of the molecule is O=C(O)C1CC(C2CCCCCC2)C1. The zero-order valence-electron chi connectivity index (χ0n) is 8.74. The second kappa shape index (κ2) is 4.33. The van der Waals surface area contributed by atoms with E-state index < -0.39 is 5.97 Å². The van der Waals surface area contributed by atoms with Gasteiger partial charge in [0.15, 0.2) is 0 Å². The van der Waals surface area contributed by atoms with E-state index in [4.69, 9.17) is 5.11 Å². The second-order valence-corrected chi connectivity index (χ2v) is 5.02. The van der Waals surface area contributed by atoms with E-state index in [-0.39, 0.29) is 5.92 Å². The number of rotatable bonds is 2. The molecule has 1 N–H and O–H groups in total. The predicted octanol–water partition coefficient (Wildman–Crippen LogP) is 3.07. The average molecular weight is 196 g/mol. The summed E-state index contributed by atoms with van der Waals surface area (Å²) in [6.45, 7) is 0. The molecule has 2 nitrogen and oxygen atoms in total. The zero-order valence-corrected chi connectivity index (χ0v) is 8.74. The molecule has 0 amide bonds. The van der Waals surface area contributed by atoms with Crippen LogP contribution < -0.4 is 0 Å². The van der Waals surface area contributed by atoms with Gasteiger partial charge in [-0.05, 0) is 24.7 Å². The summed E-state index contributed by atoms with van der Waals surface area (Å²) in [7, 11) is 0. The van der Waals surface area contributed by atoms with E-state index >= 15 is 0 Å². The molecule has 0 radical (unpaired) electrons. The van der Waals surface area contributed by atoms with Gasteiger partial charge in [0, 0.05) is 0 Å². The van der Waals surface area contributed by atoms with Crippen LogP contribution >= 0.6 is 0 Å². The molecule has 2 fully saturated rings. The molecule has 0 aromatic rings. The molecule has 0 bridgehead atoms. The second-order valence-electron chi connectivity index (χ2n) is 5.02. The first-order chi connectivity index (χ1) is 6.77. The molecule has 2 aliphatic rings. The quantitative estimate of drug-likeness (QED) is 0.689. The summed E-state index contributed by atoms with van der Waals surface area (Å²) in [4.78, 5) is 10.7. The fraction of sp³-hybridized carbons (Fsp3) is 0.917. The molecule has 0 heterocycles. The first-order valence-electron chi connectivity index (χ1n) is 6.00. The third-order valence-electron chi connectivity index (χ3n) is 4.09. The van der Waals surface area contributed by atoms with E-state index in [1.165, 1.54) is 38.5 Å².